The molecule has 1 aromatic rings. The molecule has 0 spiro atoms. The largest absolute Gasteiger partial charge is 0.462 e. The Labute approximate surface area is 73.1 Å². The van der Waals surface area contributed by atoms with Crippen molar-refractivity contribution < 1.29 is 9.47 Å². The van der Waals surface area contributed by atoms with Crippen molar-refractivity contribution in [3.05, 3.63) is 30.3 Å². The molecule has 0 aliphatic carbocycles. The van der Waals surface area contributed by atoms with Gasteiger partial charge in [-0.1, -0.05) is 18.2 Å². The quantitative estimate of drug-likeness (QED) is 0.639. The van der Waals surface area contributed by atoms with Gasteiger partial charge in [0.15, 0.2) is 0 Å². The van der Waals surface area contributed by atoms with Crippen molar-refractivity contribution >= 4 is 0 Å². The fourth-order valence-corrected chi connectivity index (χ4v) is 0.747. The first kappa shape index (κ1) is 9.07. The number of benzene rings is 1. The molecule has 2 nitrogen and oxygen atoms in total. The summed E-state index contributed by atoms with van der Waals surface area (Å²) in [6, 6.07) is 10.4. The lowest BCUT2D eigenvalue weighted by Crippen LogP contribution is -2.30. The Morgan fingerprint density at radius 1 is 1.33 bits per heavy atom. The second kappa shape index (κ2) is 3.59. The van der Waals surface area contributed by atoms with Gasteiger partial charge in [0, 0.05) is 27.0 Å². The third kappa shape index (κ3) is 2.55. The molecule has 0 N–H and O–H groups in total. The lowest BCUT2D eigenvalue weighted by molar-refractivity contribution is -0.134. The first-order valence-electron chi connectivity index (χ1n) is 3.85. The van der Waals surface area contributed by atoms with E-state index in [2.05, 4.69) is 6.07 Å². The van der Waals surface area contributed by atoms with Crippen LogP contribution in [-0.2, 0) is 4.74 Å². The minimum atomic E-state index is -0.585. The first-order valence-corrected chi connectivity index (χ1v) is 3.85. The van der Waals surface area contributed by atoms with Crippen molar-refractivity contribution in [2.45, 2.75) is 19.6 Å². The molecule has 1 radical (unpaired) electrons. The molecule has 0 saturated carbocycles. The van der Waals surface area contributed by atoms with Gasteiger partial charge in [0.05, 0.1) is 0 Å². The summed E-state index contributed by atoms with van der Waals surface area (Å²) < 4.78 is 10.6. The van der Waals surface area contributed by atoms with E-state index < -0.39 is 5.79 Å². The van der Waals surface area contributed by atoms with Crippen molar-refractivity contribution in [2.24, 2.45) is 0 Å². The van der Waals surface area contributed by atoms with E-state index in [0.29, 0.717) is 5.75 Å². The molecule has 0 aromatic heterocycles. The van der Waals surface area contributed by atoms with Crippen LogP contribution in [0.5, 0.6) is 5.75 Å². The average Bonchev–Trinajstić information content (AvgIpc) is 2.06. The third-order valence-corrected chi connectivity index (χ3v) is 1.53. The number of para-hydroxylation sites is 1. The first-order chi connectivity index (χ1) is 5.64. The SMILES string of the molecule is COC(C)(C)Oc1[c]cccc1. The molecule has 2 heteroatoms. The standard InChI is InChI=1S/C10H13O2/c1-10(2,11-3)12-9-7-5-4-6-8-9/h4-7H,1-3H3. The molecular formula is C10H13O2. The fraction of sp³-hybridized carbons (Fsp3) is 0.400. The lowest BCUT2D eigenvalue weighted by Gasteiger charge is -2.24. The molecule has 65 valence electrons. The highest BCUT2D eigenvalue weighted by Gasteiger charge is 2.17. The maximum Gasteiger partial charge on any atom is 0.204 e. The van der Waals surface area contributed by atoms with Crippen LogP contribution in [0.4, 0.5) is 0 Å². The van der Waals surface area contributed by atoms with Gasteiger partial charge >= 0.3 is 0 Å². The summed E-state index contributed by atoms with van der Waals surface area (Å²) in [5.41, 5.74) is 0. The van der Waals surface area contributed by atoms with E-state index in [-0.39, 0.29) is 0 Å². The summed E-state index contributed by atoms with van der Waals surface area (Å²) >= 11 is 0. The Hall–Kier alpha value is -1.02. The summed E-state index contributed by atoms with van der Waals surface area (Å²) in [6.07, 6.45) is 0. The fourth-order valence-electron chi connectivity index (χ4n) is 0.747. The molecule has 1 aromatic carbocycles. The van der Waals surface area contributed by atoms with Crippen LogP contribution in [0.3, 0.4) is 0 Å². The molecule has 0 bridgehead atoms. The van der Waals surface area contributed by atoms with Gasteiger partial charge in [0.2, 0.25) is 5.79 Å². The average molecular weight is 165 g/mol. The normalized spacial score (nSPS) is 11.2. The molecule has 0 atom stereocenters. The summed E-state index contributed by atoms with van der Waals surface area (Å²) in [5, 5.41) is 0. The molecule has 0 heterocycles. The number of ether oxygens (including phenoxy) is 2. The van der Waals surface area contributed by atoms with Gasteiger partial charge in [0.1, 0.15) is 5.75 Å². The second-order valence-corrected chi connectivity index (χ2v) is 2.93. The van der Waals surface area contributed by atoms with E-state index in [1.165, 1.54) is 0 Å². The van der Waals surface area contributed by atoms with Gasteiger partial charge in [-0.3, -0.25) is 0 Å². The van der Waals surface area contributed by atoms with Crippen LogP contribution in [0.15, 0.2) is 24.3 Å². The highest BCUT2D eigenvalue weighted by atomic mass is 16.7. The van der Waals surface area contributed by atoms with Crippen LogP contribution in [0.1, 0.15) is 13.8 Å². The Morgan fingerprint density at radius 2 is 2.08 bits per heavy atom. The van der Waals surface area contributed by atoms with Crippen molar-refractivity contribution in [1.29, 1.82) is 0 Å². The summed E-state index contributed by atoms with van der Waals surface area (Å²) in [6.45, 7) is 3.71. The topological polar surface area (TPSA) is 18.5 Å². The maximum absolute atomic E-state index is 5.47. The number of rotatable bonds is 3. The van der Waals surface area contributed by atoms with Gasteiger partial charge < -0.3 is 9.47 Å². The van der Waals surface area contributed by atoms with Crippen molar-refractivity contribution in [1.82, 2.24) is 0 Å². The van der Waals surface area contributed by atoms with E-state index in [9.17, 15) is 0 Å². The minimum absolute atomic E-state index is 0.585. The van der Waals surface area contributed by atoms with E-state index >= 15 is 0 Å². The molecule has 0 saturated heterocycles. The zero-order chi connectivity index (χ0) is 9.03. The zero-order valence-corrected chi connectivity index (χ0v) is 7.63. The molecule has 0 aliphatic rings. The van der Waals surface area contributed by atoms with E-state index in [1.807, 2.05) is 32.0 Å². The van der Waals surface area contributed by atoms with Crippen LogP contribution in [-0.4, -0.2) is 12.9 Å². The summed E-state index contributed by atoms with van der Waals surface area (Å²) in [4.78, 5) is 0. The van der Waals surface area contributed by atoms with Gasteiger partial charge in [-0.15, -0.1) is 0 Å². The minimum Gasteiger partial charge on any atom is -0.462 e. The summed E-state index contributed by atoms with van der Waals surface area (Å²) in [7, 11) is 1.61. The Balaban J connectivity index is 2.64. The van der Waals surface area contributed by atoms with Gasteiger partial charge in [-0.05, 0) is 6.07 Å². The van der Waals surface area contributed by atoms with Crippen LogP contribution >= 0.6 is 0 Å². The highest BCUT2D eigenvalue weighted by Crippen LogP contribution is 2.16. The van der Waals surface area contributed by atoms with Gasteiger partial charge in [-0.2, -0.15) is 0 Å². The van der Waals surface area contributed by atoms with Crippen LogP contribution < -0.4 is 4.74 Å². The Bertz CT molecular complexity index is 229. The van der Waals surface area contributed by atoms with Crippen LogP contribution in [0.25, 0.3) is 0 Å². The predicted octanol–water partition coefficient (Wildman–Crippen LogP) is 2.25. The maximum atomic E-state index is 5.47. The monoisotopic (exact) mass is 165 g/mol. The molecule has 0 aliphatic heterocycles. The Kier molecular flexibility index (Phi) is 2.71. The third-order valence-electron chi connectivity index (χ3n) is 1.53. The smallest absolute Gasteiger partial charge is 0.204 e. The summed E-state index contributed by atoms with van der Waals surface area (Å²) in [5.74, 6) is 0.113. The predicted molar refractivity (Wildman–Crippen MR) is 47.0 cm³/mol. The molecule has 0 amide bonds. The van der Waals surface area contributed by atoms with E-state index in [4.69, 9.17) is 9.47 Å². The second-order valence-electron chi connectivity index (χ2n) is 2.93. The van der Waals surface area contributed by atoms with Crippen LogP contribution in [0.2, 0.25) is 0 Å². The number of methoxy groups -OCH3 is 1. The molecule has 1 rings (SSSR count). The lowest BCUT2D eigenvalue weighted by atomic mass is 10.3. The number of hydrogen-bond acceptors (Lipinski definition) is 2. The van der Waals surface area contributed by atoms with Gasteiger partial charge in [0.25, 0.3) is 0 Å². The molecular weight excluding hydrogens is 152 g/mol. The van der Waals surface area contributed by atoms with E-state index in [1.54, 1.807) is 13.2 Å². The van der Waals surface area contributed by atoms with Gasteiger partial charge in [-0.25, -0.2) is 0 Å². The highest BCUT2D eigenvalue weighted by molar-refractivity contribution is 5.19. The number of hydrogen-bond donors (Lipinski definition) is 0. The Morgan fingerprint density at radius 3 is 2.58 bits per heavy atom. The van der Waals surface area contributed by atoms with Crippen molar-refractivity contribution in [2.75, 3.05) is 7.11 Å². The molecule has 0 fully saturated rings. The molecule has 0 unspecified atom stereocenters. The van der Waals surface area contributed by atoms with Crippen molar-refractivity contribution in [3.8, 4) is 5.75 Å². The van der Waals surface area contributed by atoms with E-state index in [0.717, 1.165) is 0 Å². The van der Waals surface area contributed by atoms with Crippen LogP contribution in [0, 0.1) is 6.07 Å². The molecule has 12 heavy (non-hydrogen) atoms. The zero-order valence-electron chi connectivity index (χ0n) is 7.63. The van der Waals surface area contributed by atoms with Crippen molar-refractivity contribution in [3.63, 3.8) is 0 Å².